The van der Waals surface area contributed by atoms with E-state index in [9.17, 15) is 4.79 Å². The molecule has 4 rings (SSSR count). The molecule has 1 aromatic heterocycles. The van der Waals surface area contributed by atoms with Crippen molar-refractivity contribution in [2.75, 3.05) is 5.32 Å². The van der Waals surface area contributed by atoms with Crippen molar-refractivity contribution in [3.8, 4) is 11.5 Å². The number of fused-ring (bicyclic) bond motifs is 1. The summed E-state index contributed by atoms with van der Waals surface area (Å²) >= 11 is 11.1. The normalized spacial score (nSPS) is 10.7. The minimum atomic E-state index is -0.330. The highest BCUT2D eigenvalue weighted by atomic mass is 35.5. The first kappa shape index (κ1) is 19.1. The smallest absolute Gasteiger partial charge is 0.257 e. The number of hydrogen-bond donors (Lipinski definition) is 2. The van der Waals surface area contributed by atoms with E-state index in [2.05, 4.69) is 15.6 Å². The summed E-state index contributed by atoms with van der Waals surface area (Å²) in [5.41, 5.74) is 4.71. The molecule has 0 spiro atoms. The summed E-state index contributed by atoms with van der Waals surface area (Å²) < 4.78 is 5.84. The third-order valence-electron chi connectivity index (χ3n) is 4.25. The summed E-state index contributed by atoms with van der Waals surface area (Å²) in [4.78, 5) is 16.7. The molecule has 144 valence electrons. The first-order valence-corrected chi connectivity index (χ1v) is 9.62. The second kappa shape index (κ2) is 8.03. The van der Waals surface area contributed by atoms with Crippen molar-refractivity contribution in [2.24, 2.45) is 0 Å². The van der Waals surface area contributed by atoms with Gasteiger partial charge in [-0.3, -0.25) is 10.1 Å². The number of oxazole rings is 1. The Morgan fingerprint density at radius 3 is 2.62 bits per heavy atom. The van der Waals surface area contributed by atoms with Crippen LogP contribution in [0, 0.1) is 6.92 Å². The van der Waals surface area contributed by atoms with Crippen LogP contribution in [0.3, 0.4) is 0 Å². The molecule has 0 aliphatic carbocycles. The fourth-order valence-electron chi connectivity index (χ4n) is 2.82. The lowest BCUT2D eigenvalue weighted by atomic mass is 10.2. The van der Waals surface area contributed by atoms with Crippen molar-refractivity contribution in [3.63, 3.8) is 0 Å². The number of hydrogen-bond acceptors (Lipinski definition) is 4. The van der Waals surface area contributed by atoms with Crippen LogP contribution >= 0.6 is 23.8 Å². The highest BCUT2D eigenvalue weighted by molar-refractivity contribution is 7.80. The monoisotopic (exact) mass is 421 g/mol. The van der Waals surface area contributed by atoms with Gasteiger partial charge < -0.3 is 9.73 Å². The Hall–Kier alpha value is -3.22. The van der Waals surface area contributed by atoms with Gasteiger partial charge in [0, 0.05) is 21.8 Å². The van der Waals surface area contributed by atoms with Crippen LogP contribution in [-0.4, -0.2) is 16.0 Å². The van der Waals surface area contributed by atoms with Gasteiger partial charge in [-0.25, -0.2) is 4.98 Å². The van der Waals surface area contributed by atoms with E-state index in [4.69, 9.17) is 28.2 Å². The lowest BCUT2D eigenvalue weighted by Gasteiger charge is -2.10. The Bertz CT molecular complexity index is 1220. The van der Waals surface area contributed by atoms with E-state index in [1.165, 1.54) is 0 Å². The average molecular weight is 422 g/mol. The number of halogens is 1. The van der Waals surface area contributed by atoms with Gasteiger partial charge in [-0.05, 0) is 79.3 Å². The molecule has 0 aliphatic heterocycles. The quantitative estimate of drug-likeness (QED) is 0.422. The van der Waals surface area contributed by atoms with Crippen LogP contribution in [0.15, 0.2) is 71.1 Å². The first-order valence-electron chi connectivity index (χ1n) is 8.83. The molecular formula is C22H16ClN3O2S. The van der Waals surface area contributed by atoms with Crippen LogP contribution < -0.4 is 10.6 Å². The number of anilines is 1. The van der Waals surface area contributed by atoms with Gasteiger partial charge in [0.25, 0.3) is 5.91 Å². The van der Waals surface area contributed by atoms with E-state index in [1.54, 1.807) is 24.3 Å². The lowest BCUT2D eigenvalue weighted by Crippen LogP contribution is -2.34. The van der Waals surface area contributed by atoms with Gasteiger partial charge in [-0.1, -0.05) is 23.7 Å². The molecule has 0 saturated heterocycles. The largest absolute Gasteiger partial charge is 0.436 e. The Balaban J connectivity index is 1.43. The molecule has 7 heteroatoms. The SMILES string of the molecule is Cc1ccc2nc(-c3ccc(NC(=S)NC(=O)c4cccc(Cl)c4)cc3)oc2c1. The fraction of sp³-hybridized carbons (Fsp3) is 0.0455. The molecule has 3 aromatic carbocycles. The molecule has 0 unspecified atom stereocenters. The van der Waals surface area contributed by atoms with Crippen LogP contribution in [-0.2, 0) is 0 Å². The predicted octanol–water partition coefficient (Wildman–Crippen LogP) is 5.58. The standard InChI is InChI=1S/C22H16ClN3O2S/c1-13-5-10-18-19(11-13)28-21(25-18)14-6-8-17(9-7-14)24-22(29)26-20(27)15-3-2-4-16(23)12-15/h2-12H,1H3,(H2,24,26,27,29). The number of aromatic nitrogens is 1. The third-order valence-corrected chi connectivity index (χ3v) is 4.69. The summed E-state index contributed by atoms with van der Waals surface area (Å²) in [5, 5.41) is 6.30. The highest BCUT2D eigenvalue weighted by Gasteiger charge is 2.10. The number of nitrogens with zero attached hydrogens (tertiary/aromatic N) is 1. The second-order valence-electron chi connectivity index (χ2n) is 6.49. The minimum Gasteiger partial charge on any atom is -0.436 e. The molecule has 0 fully saturated rings. The van der Waals surface area contributed by atoms with Crippen molar-refractivity contribution < 1.29 is 9.21 Å². The van der Waals surface area contributed by atoms with E-state index in [1.807, 2.05) is 49.4 Å². The lowest BCUT2D eigenvalue weighted by molar-refractivity contribution is 0.0977. The summed E-state index contributed by atoms with van der Waals surface area (Å²) in [5.74, 6) is 0.220. The summed E-state index contributed by atoms with van der Waals surface area (Å²) in [7, 11) is 0. The van der Waals surface area contributed by atoms with Gasteiger partial charge in [0.1, 0.15) is 5.52 Å². The molecule has 0 saturated carbocycles. The molecule has 0 radical (unpaired) electrons. The number of benzene rings is 3. The Labute approximate surface area is 177 Å². The van der Waals surface area contributed by atoms with E-state index in [0.29, 0.717) is 16.5 Å². The van der Waals surface area contributed by atoms with Crippen molar-refractivity contribution in [1.29, 1.82) is 0 Å². The molecule has 0 bridgehead atoms. The first-order chi connectivity index (χ1) is 14.0. The molecule has 1 heterocycles. The zero-order valence-corrected chi connectivity index (χ0v) is 17.0. The predicted molar refractivity (Wildman–Crippen MR) is 119 cm³/mol. The Kier molecular flexibility index (Phi) is 5.29. The van der Waals surface area contributed by atoms with Crippen molar-refractivity contribution in [3.05, 3.63) is 82.9 Å². The molecule has 2 N–H and O–H groups in total. The topological polar surface area (TPSA) is 67.2 Å². The zero-order chi connectivity index (χ0) is 20.4. The molecule has 0 atom stereocenters. The molecule has 29 heavy (non-hydrogen) atoms. The maximum atomic E-state index is 12.2. The molecule has 1 amide bonds. The molecule has 4 aromatic rings. The Morgan fingerprint density at radius 2 is 1.86 bits per heavy atom. The van der Waals surface area contributed by atoms with Crippen molar-refractivity contribution in [1.82, 2.24) is 10.3 Å². The van der Waals surface area contributed by atoms with Crippen LogP contribution in [0.5, 0.6) is 0 Å². The van der Waals surface area contributed by atoms with Crippen LogP contribution in [0.1, 0.15) is 15.9 Å². The summed E-state index contributed by atoms with van der Waals surface area (Å²) in [6, 6.07) is 20.0. The van der Waals surface area contributed by atoms with Crippen LogP contribution in [0.4, 0.5) is 5.69 Å². The third kappa shape index (κ3) is 4.45. The second-order valence-corrected chi connectivity index (χ2v) is 7.33. The van der Waals surface area contributed by atoms with Crippen LogP contribution in [0.2, 0.25) is 5.02 Å². The van der Waals surface area contributed by atoms with Crippen molar-refractivity contribution in [2.45, 2.75) is 6.92 Å². The number of carbonyl (C=O) groups is 1. The maximum absolute atomic E-state index is 12.2. The highest BCUT2D eigenvalue weighted by Crippen LogP contribution is 2.26. The number of nitrogens with one attached hydrogen (secondary N) is 2. The number of aryl methyl sites for hydroxylation is 1. The minimum absolute atomic E-state index is 0.195. The summed E-state index contributed by atoms with van der Waals surface area (Å²) in [6.45, 7) is 2.01. The number of thiocarbonyl (C=S) groups is 1. The zero-order valence-electron chi connectivity index (χ0n) is 15.4. The van der Waals surface area contributed by atoms with E-state index in [-0.39, 0.29) is 11.0 Å². The number of rotatable bonds is 3. The fourth-order valence-corrected chi connectivity index (χ4v) is 3.22. The van der Waals surface area contributed by atoms with Gasteiger partial charge >= 0.3 is 0 Å². The van der Waals surface area contributed by atoms with Gasteiger partial charge in [0.15, 0.2) is 10.7 Å². The van der Waals surface area contributed by atoms with E-state index >= 15 is 0 Å². The molecular weight excluding hydrogens is 406 g/mol. The number of amides is 1. The van der Waals surface area contributed by atoms with E-state index < -0.39 is 0 Å². The molecule has 5 nitrogen and oxygen atoms in total. The van der Waals surface area contributed by atoms with Crippen molar-refractivity contribution >= 4 is 51.6 Å². The van der Waals surface area contributed by atoms with Gasteiger partial charge in [0.2, 0.25) is 5.89 Å². The van der Waals surface area contributed by atoms with E-state index in [0.717, 1.165) is 27.9 Å². The summed E-state index contributed by atoms with van der Waals surface area (Å²) in [6.07, 6.45) is 0. The number of carbonyl (C=O) groups excluding carboxylic acids is 1. The van der Waals surface area contributed by atoms with Crippen LogP contribution in [0.25, 0.3) is 22.6 Å². The molecule has 0 aliphatic rings. The average Bonchev–Trinajstić information content (AvgIpc) is 3.11. The van der Waals surface area contributed by atoms with Gasteiger partial charge in [-0.15, -0.1) is 0 Å². The maximum Gasteiger partial charge on any atom is 0.257 e. The Morgan fingerprint density at radius 1 is 1.07 bits per heavy atom. The van der Waals surface area contributed by atoms with Gasteiger partial charge in [0.05, 0.1) is 0 Å². The van der Waals surface area contributed by atoms with Gasteiger partial charge in [-0.2, -0.15) is 0 Å².